The van der Waals surface area contributed by atoms with Crippen molar-refractivity contribution < 1.29 is 8.78 Å². The van der Waals surface area contributed by atoms with Gasteiger partial charge in [-0.25, -0.2) is 8.78 Å². The van der Waals surface area contributed by atoms with E-state index < -0.39 is 5.82 Å². The van der Waals surface area contributed by atoms with Crippen molar-refractivity contribution in [2.24, 2.45) is 0 Å². The number of aryl methyl sites for hydroxylation is 3. The smallest absolute Gasteiger partial charge is 0.146 e. The van der Waals surface area contributed by atoms with Gasteiger partial charge in [-0.15, -0.1) is 0 Å². The summed E-state index contributed by atoms with van der Waals surface area (Å²) in [5.41, 5.74) is 4.58. The van der Waals surface area contributed by atoms with E-state index in [9.17, 15) is 4.39 Å². The molecule has 0 N–H and O–H groups in total. The van der Waals surface area contributed by atoms with E-state index >= 15 is 4.39 Å². The summed E-state index contributed by atoms with van der Waals surface area (Å²) in [7, 11) is 0. The lowest BCUT2D eigenvalue weighted by Crippen LogP contribution is -1.94. The molecule has 0 atom stereocenters. The zero-order valence-corrected chi connectivity index (χ0v) is 18.6. The Morgan fingerprint density at radius 3 is 2.12 bits per heavy atom. The Labute approximate surface area is 192 Å². The molecule has 0 aromatic heterocycles. The molecule has 4 rings (SSSR count). The van der Waals surface area contributed by atoms with Crippen LogP contribution in [0.25, 0.3) is 10.8 Å². The molecular weight excluding hydrogens is 422 g/mol. The second-order valence-electron chi connectivity index (χ2n) is 7.93. The molecular formula is C29H23ClF2. The van der Waals surface area contributed by atoms with E-state index in [1.54, 1.807) is 12.1 Å². The average Bonchev–Trinajstić information content (AvgIpc) is 2.80. The van der Waals surface area contributed by atoms with Crippen LogP contribution >= 0.6 is 11.6 Å². The predicted octanol–water partition coefficient (Wildman–Crippen LogP) is 7.91. The number of rotatable bonds is 5. The quantitative estimate of drug-likeness (QED) is 0.274. The zero-order valence-electron chi connectivity index (χ0n) is 17.9. The lowest BCUT2D eigenvalue weighted by Gasteiger charge is -2.07. The van der Waals surface area contributed by atoms with Gasteiger partial charge in [0.05, 0.1) is 10.6 Å². The first kappa shape index (κ1) is 22.1. The van der Waals surface area contributed by atoms with E-state index in [1.165, 1.54) is 28.8 Å². The van der Waals surface area contributed by atoms with Crippen molar-refractivity contribution in [2.75, 3.05) is 0 Å². The normalized spacial score (nSPS) is 10.8. The SMILES string of the molecule is CCCc1ccc(CCc2ccc3c(F)c(C#Cc4ccc(Cl)c(F)c4)ccc3c2)cc1. The topological polar surface area (TPSA) is 0 Å². The third-order valence-electron chi connectivity index (χ3n) is 5.54. The van der Waals surface area contributed by atoms with E-state index in [1.807, 2.05) is 24.3 Å². The average molecular weight is 445 g/mol. The highest BCUT2D eigenvalue weighted by Crippen LogP contribution is 2.23. The van der Waals surface area contributed by atoms with Gasteiger partial charge >= 0.3 is 0 Å². The van der Waals surface area contributed by atoms with Crippen LogP contribution < -0.4 is 0 Å². The first-order chi connectivity index (χ1) is 15.5. The Hall–Kier alpha value is -3.15. The molecule has 0 radical (unpaired) electrons. The monoisotopic (exact) mass is 444 g/mol. The fraction of sp³-hybridized carbons (Fsp3) is 0.172. The Balaban J connectivity index is 1.50. The van der Waals surface area contributed by atoms with E-state index in [0.29, 0.717) is 10.9 Å². The van der Waals surface area contributed by atoms with Gasteiger partial charge in [-0.2, -0.15) is 0 Å². The molecule has 3 heteroatoms. The molecule has 0 aliphatic carbocycles. The maximum absolute atomic E-state index is 15.0. The molecule has 0 nitrogen and oxygen atoms in total. The van der Waals surface area contributed by atoms with E-state index in [0.717, 1.165) is 31.1 Å². The molecule has 0 saturated heterocycles. The fourth-order valence-electron chi connectivity index (χ4n) is 3.76. The highest BCUT2D eigenvalue weighted by molar-refractivity contribution is 6.30. The molecule has 32 heavy (non-hydrogen) atoms. The van der Waals surface area contributed by atoms with Crippen LogP contribution in [0.15, 0.2) is 72.8 Å². The Bertz CT molecular complexity index is 1310. The fourth-order valence-corrected chi connectivity index (χ4v) is 3.87. The number of hydrogen-bond donors (Lipinski definition) is 0. The number of benzene rings is 4. The van der Waals surface area contributed by atoms with Crippen LogP contribution in [0.3, 0.4) is 0 Å². The van der Waals surface area contributed by atoms with Crippen LogP contribution in [0.5, 0.6) is 0 Å². The second kappa shape index (κ2) is 9.98. The maximum atomic E-state index is 15.0. The number of hydrogen-bond acceptors (Lipinski definition) is 0. The molecule has 0 bridgehead atoms. The molecule has 0 aliphatic rings. The molecule has 0 heterocycles. The third kappa shape index (κ3) is 5.18. The van der Waals surface area contributed by atoms with Gasteiger partial charge in [0, 0.05) is 10.9 Å². The van der Waals surface area contributed by atoms with Crippen LogP contribution in [0.1, 0.15) is 41.2 Å². The van der Waals surface area contributed by atoms with Gasteiger partial charge in [0.25, 0.3) is 0 Å². The van der Waals surface area contributed by atoms with Gasteiger partial charge in [-0.1, -0.05) is 85.3 Å². The summed E-state index contributed by atoms with van der Waals surface area (Å²) in [5.74, 6) is 4.72. The minimum atomic E-state index is -0.540. The third-order valence-corrected chi connectivity index (χ3v) is 5.85. The van der Waals surface area contributed by atoms with Gasteiger partial charge in [-0.3, -0.25) is 0 Å². The lowest BCUT2D eigenvalue weighted by atomic mass is 9.98. The number of halogens is 3. The Morgan fingerprint density at radius 1 is 0.719 bits per heavy atom. The molecule has 0 amide bonds. The molecule has 160 valence electrons. The minimum Gasteiger partial charge on any atom is -0.205 e. The lowest BCUT2D eigenvalue weighted by molar-refractivity contribution is 0.628. The van der Waals surface area contributed by atoms with Crippen LogP contribution in [0.4, 0.5) is 8.78 Å². The van der Waals surface area contributed by atoms with Crippen molar-refractivity contribution in [2.45, 2.75) is 32.6 Å². The van der Waals surface area contributed by atoms with Crippen molar-refractivity contribution in [3.05, 3.63) is 117 Å². The summed E-state index contributed by atoms with van der Waals surface area (Å²) in [6, 6.07) is 22.5. The molecule has 0 aliphatic heterocycles. The van der Waals surface area contributed by atoms with Gasteiger partial charge < -0.3 is 0 Å². The summed E-state index contributed by atoms with van der Waals surface area (Å²) in [4.78, 5) is 0. The second-order valence-corrected chi connectivity index (χ2v) is 8.34. The first-order valence-electron chi connectivity index (χ1n) is 10.8. The van der Waals surface area contributed by atoms with Crippen LogP contribution in [0.2, 0.25) is 5.02 Å². The Kier molecular flexibility index (Phi) is 6.88. The summed E-state index contributed by atoms with van der Waals surface area (Å²) < 4.78 is 28.6. The first-order valence-corrected chi connectivity index (χ1v) is 11.2. The van der Waals surface area contributed by atoms with E-state index in [-0.39, 0.29) is 16.4 Å². The highest BCUT2D eigenvalue weighted by atomic mass is 35.5. The molecule has 0 unspecified atom stereocenters. The molecule has 0 fully saturated rings. The standard InChI is InChI=1S/C29H23ClF2/c1-2-3-20-4-6-21(7-5-20)8-9-22-11-16-26-25(18-22)15-14-24(29(26)32)13-10-23-12-17-27(30)28(31)19-23/h4-7,11-12,14-19H,2-3,8-9H2,1H3. The largest absolute Gasteiger partial charge is 0.205 e. The van der Waals surface area contributed by atoms with Crippen LogP contribution in [-0.4, -0.2) is 0 Å². The highest BCUT2D eigenvalue weighted by Gasteiger charge is 2.07. The summed E-state index contributed by atoms with van der Waals surface area (Å²) in [5, 5.41) is 1.42. The van der Waals surface area contributed by atoms with Crippen LogP contribution in [-0.2, 0) is 19.3 Å². The predicted molar refractivity (Wildman–Crippen MR) is 129 cm³/mol. The van der Waals surface area contributed by atoms with E-state index in [2.05, 4.69) is 43.0 Å². The van der Waals surface area contributed by atoms with Crippen molar-refractivity contribution in [3.63, 3.8) is 0 Å². The van der Waals surface area contributed by atoms with Crippen LogP contribution in [0, 0.1) is 23.5 Å². The molecule has 4 aromatic rings. The van der Waals surface area contributed by atoms with Crippen molar-refractivity contribution >= 4 is 22.4 Å². The van der Waals surface area contributed by atoms with E-state index in [4.69, 9.17) is 11.6 Å². The van der Waals surface area contributed by atoms with Crippen molar-refractivity contribution in [1.82, 2.24) is 0 Å². The van der Waals surface area contributed by atoms with Gasteiger partial charge in [-0.05, 0) is 65.6 Å². The van der Waals surface area contributed by atoms with Crippen molar-refractivity contribution in [3.8, 4) is 11.8 Å². The molecule has 4 aromatic carbocycles. The van der Waals surface area contributed by atoms with Gasteiger partial charge in [0.1, 0.15) is 11.6 Å². The van der Waals surface area contributed by atoms with Gasteiger partial charge in [0.2, 0.25) is 0 Å². The summed E-state index contributed by atoms with van der Waals surface area (Å²) in [6.45, 7) is 2.19. The summed E-state index contributed by atoms with van der Waals surface area (Å²) >= 11 is 5.69. The minimum absolute atomic E-state index is 0.0387. The zero-order chi connectivity index (χ0) is 22.5. The summed E-state index contributed by atoms with van der Waals surface area (Å²) in [6.07, 6.45) is 4.11. The van der Waals surface area contributed by atoms with Gasteiger partial charge in [0.15, 0.2) is 0 Å². The van der Waals surface area contributed by atoms with Crippen molar-refractivity contribution in [1.29, 1.82) is 0 Å². The molecule has 0 saturated carbocycles. The number of fused-ring (bicyclic) bond motifs is 1. The molecule has 0 spiro atoms. The Morgan fingerprint density at radius 2 is 1.41 bits per heavy atom. The maximum Gasteiger partial charge on any atom is 0.146 e.